The van der Waals surface area contributed by atoms with Gasteiger partial charge in [-0.3, -0.25) is 4.79 Å². The van der Waals surface area contributed by atoms with Crippen molar-refractivity contribution in [2.75, 3.05) is 13.1 Å². The molecule has 0 aliphatic carbocycles. The summed E-state index contributed by atoms with van der Waals surface area (Å²) in [6.45, 7) is 8.37. The molecule has 2 heteroatoms. The van der Waals surface area contributed by atoms with Gasteiger partial charge in [0.1, 0.15) is 5.78 Å². The Balaban J connectivity index is 2.03. The Kier molecular flexibility index (Phi) is 4.41. The number of benzene rings is 1. The van der Waals surface area contributed by atoms with Gasteiger partial charge in [-0.1, -0.05) is 43.7 Å². The molecule has 0 spiro atoms. The molecule has 1 aliphatic heterocycles. The summed E-state index contributed by atoms with van der Waals surface area (Å²) in [6.07, 6.45) is 2.91. The van der Waals surface area contributed by atoms with Crippen molar-refractivity contribution in [1.29, 1.82) is 0 Å². The molecule has 1 aliphatic rings. The summed E-state index contributed by atoms with van der Waals surface area (Å²) >= 11 is 0. The molecular weight excluding hydrogens is 234 g/mol. The summed E-state index contributed by atoms with van der Waals surface area (Å²) in [4.78, 5) is 12.6. The number of ketones is 1. The third-order valence-electron chi connectivity index (χ3n) is 4.52. The van der Waals surface area contributed by atoms with Crippen LogP contribution >= 0.6 is 0 Å². The minimum Gasteiger partial charge on any atom is -0.316 e. The molecule has 0 aromatic heterocycles. The van der Waals surface area contributed by atoms with Crippen LogP contribution < -0.4 is 5.32 Å². The first kappa shape index (κ1) is 14.3. The summed E-state index contributed by atoms with van der Waals surface area (Å²) in [5, 5.41) is 3.41. The van der Waals surface area contributed by atoms with Crippen molar-refractivity contribution in [2.45, 2.75) is 40.0 Å². The molecule has 0 saturated carbocycles. The predicted octanol–water partition coefficient (Wildman–Crippen LogP) is 3.13. The second-order valence-corrected chi connectivity index (χ2v) is 6.35. The van der Waals surface area contributed by atoms with Gasteiger partial charge < -0.3 is 5.32 Å². The molecular formula is C17H25NO. The molecule has 1 aromatic carbocycles. The van der Waals surface area contributed by atoms with Crippen LogP contribution in [0.3, 0.4) is 0 Å². The number of hydrogen-bond donors (Lipinski definition) is 1. The minimum absolute atomic E-state index is 0.224. The normalized spacial score (nSPS) is 20.3. The smallest absolute Gasteiger partial charge is 0.143 e. The van der Waals surface area contributed by atoms with Gasteiger partial charge in [-0.15, -0.1) is 0 Å². The molecule has 1 N–H and O–H groups in total. The lowest BCUT2D eigenvalue weighted by molar-refractivity contribution is -0.129. The quantitative estimate of drug-likeness (QED) is 0.900. The number of aryl methyl sites for hydroxylation is 1. The fourth-order valence-electron chi connectivity index (χ4n) is 2.81. The second kappa shape index (κ2) is 5.87. The van der Waals surface area contributed by atoms with Gasteiger partial charge in [0.2, 0.25) is 0 Å². The summed E-state index contributed by atoms with van der Waals surface area (Å²) in [6, 6.07) is 8.31. The Hall–Kier alpha value is -1.15. The molecule has 2 rings (SSSR count). The number of nitrogens with one attached hydrogen (secondary N) is 1. The van der Waals surface area contributed by atoms with Gasteiger partial charge in [-0.2, -0.15) is 0 Å². The van der Waals surface area contributed by atoms with Gasteiger partial charge >= 0.3 is 0 Å². The Labute approximate surface area is 116 Å². The number of carbonyl (C=O) groups is 1. The molecule has 0 bridgehead atoms. The number of piperidine rings is 1. The van der Waals surface area contributed by atoms with Gasteiger partial charge in [0.25, 0.3) is 0 Å². The van der Waals surface area contributed by atoms with E-state index in [0.29, 0.717) is 18.1 Å². The van der Waals surface area contributed by atoms with Crippen molar-refractivity contribution in [2.24, 2.45) is 11.3 Å². The lowest BCUT2D eigenvalue weighted by atomic mass is 9.71. The SMILES string of the molecule is Cc1ccc(CC(=O)C(C)(C)C2CCCNC2)cc1. The van der Waals surface area contributed by atoms with E-state index in [0.717, 1.165) is 18.7 Å². The number of hydrogen-bond acceptors (Lipinski definition) is 2. The van der Waals surface area contributed by atoms with E-state index in [4.69, 9.17) is 0 Å². The first-order chi connectivity index (χ1) is 9.00. The first-order valence-corrected chi connectivity index (χ1v) is 7.29. The molecule has 2 nitrogen and oxygen atoms in total. The summed E-state index contributed by atoms with van der Waals surface area (Å²) in [5.74, 6) is 0.837. The highest BCUT2D eigenvalue weighted by Crippen LogP contribution is 2.33. The zero-order chi connectivity index (χ0) is 13.9. The highest BCUT2D eigenvalue weighted by Gasteiger charge is 2.36. The van der Waals surface area contributed by atoms with Crippen molar-refractivity contribution in [1.82, 2.24) is 5.32 Å². The van der Waals surface area contributed by atoms with Gasteiger partial charge in [0.15, 0.2) is 0 Å². The second-order valence-electron chi connectivity index (χ2n) is 6.35. The lowest BCUT2D eigenvalue weighted by Gasteiger charge is -2.36. The summed E-state index contributed by atoms with van der Waals surface area (Å²) in [5.41, 5.74) is 2.15. The first-order valence-electron chi connectivity index (χ1n) is 7.29. The third kappa shape index (κ3) is 3.44. The van der Waals surface area contributed by atoms with Crippen molar-refractivity contribution in [3.05, 3.63) is 35.4 Å². The Morgan fingerprint density at radius 1 is 1.32 bits per heavy atom. The molecule has 1 atom stereocenters. The average molecular weight is 259 g/mol. The highest BCUT2D eigenvalue weighted by molar-refractivity contribution is 5.86. The van der Waals surface area contributed by atoms with Crippen molar-refractivity contribution < 1.29 is 4.79 Å². The molecule has 1 heterocycles. The van der Waals surface area contributed by atoms with Crippen LogP contribution in [0.2, 0.25) is 0 Å². The zero-order valence-corrected chi connectivity index (χ0v) is 12.3. The van der Waals surface area contributed by atoms with E-state index in [1.54, 1.807) is 0 Å². The lowest BCUT2D eigenvalue weighted by Crippen LogP contribution is -2.43. The molecule has 19 heavy (non-hydrogen) atoms. The molecule has 1 fully saturated rings. The molecule has 0 radical (unpaired) electrons. The van der Waals surface area contributed by atoms with Crippen LogP contribution in [-0.4, -0.2) is 18.9 Å². The number of carbonyl (C=O) groups excluding carboxylic acids is 1. The van der Waals surface area contributed by atoms with Crippen molar-refractivity contribution >= 4 is 5.78 Å². The Bertz CT molecular complexity index is 427. The van der Waals surface area contributed by atoms with E-state index in [1.165, 1.54) is 18.4 Å². The van der Waals surface area contributed by atoms with E-state index >= 15 is 0 Å². The van der Waals surface area contributed by atoms with Crippen LogP contribution in [-0.2, 0) is 11.2 Å². The standard InChI is InChI=1S/C17H25NO/c1-13-6-8-14(9-7-13)11-16(19)17(2,3)15-5-4-10-18-12-15/h6-9,15,18H,4-5,10-12H2,1-3H3. The molecule has 1 unspecified atom stereocenters. The molecule has 0 amide bonds. The van der Waals surface area contributed by atoms with E-state index in [1.807, 2.05) is 0 Å². The summed E-state index contributed by atoms with van der Waals surface area (Å²) in [7, 11) is 0. The fourth-order valence-corrected chi connectivity index (χ4v) is 2.81. The summed E-state index contributed by atoms with van der Waals surface area (Å²) < 4.78 is 0. The van der Waals surface area contributed by atoms with Crippen LogP contribution in [0.4, 0.5) is 0 Å². The molecule has 1 saturated heterocycles. The maximum absolute atomic E-state index is 12.6. The van der Waals surface area contributed by atoms with Crippen molar-refractivity contribution in [3.63, 3.8) is 0 Å². The van der Waals surface area contributed by atoms with E-state index in [-0.39, 0.29) is 5.41 Å². The van der Waals surface area contributed by atoms with E-state index < -0.39 is 0 Å². The van der Waals surface area contributed by atoms with E-state index in [9.17, 15) is 4.79 Å². The Morgan fingerprint density at radius 3 is 2.58 bits per heavy atom. The largest absolute Gasteiger partial charge is 0.316 e. The van der Waals surface area contributed by atoms with Gasteiger partial charge in [0.05, 0.1) is 0 Å². The van der Waals surface area contributed by atoms with Gasteiger partial charge in [0, 0.05) is 11.8 Å². The van der Waals surface area contributed by atoms with Gasteiger partial charge in [-0.05, 0) is 44.3 Å². The number of rotatable bonds is 4. The maximum atomic E-state index is 12.6. The van der Waals surface area contributed by atoms with Crippen LogP contribution in [0.25, 0.3) is 0 Å². The van der Waals surface area contributed by atoms with Crippen LogP contribution in [0.5, 0.6) is 0 Å². The number of Topliss-reactive ketones (excluding diaryl/α,β-unsaturated/α-hetero) is 1. The molecule has 104 valence electrons. The zero-order valence-electron chi connectivity index (χ0n) is 12.3. The minimum atomic E-state index is -0.224. The topological polar surface area (TPSA) is 29.1 Å². The maximum Gasteiger partial charge on any atom is 0.143 e. The monoisotopic (exact) mass is 259 g/mol. The highest BCUT2D eigenvalue weighted by atomic mass is 16.1. The van der Waals surface area contributed by atoms with Crippen molar-refractivity contribution in [3.8, 4) is 0 Å². The van der Waals surface area contributed by atoms with Crippen LogP contribution in [0.15, 0.2) is 24.3 Å². The third-order valence-corrected chi connectivity index (χ3v) is 4.52. The predicted molar refractivity (Wildman–Crippen MR) is 79.3 cm³/mol. The molecule has 1 aromatic rings. The Morgan fingerprint density at radius 2 is 2.00 bits per heavy atom. The van der Waals surface area contributed by atoms with Gasteiger partial charge in [-0.25, -0.2) is 0 Å². The average Bonchev–Trinajstić information content (AvgIpc) is 2.42. The van der Waals surface area contributed by atoms with Crippen LogP contribution in [0.1, 0.15) is 37.8 Å². The van der Waals surface area contributed by atoms with Crippen LogP contribution in [0, 0.1) is 18.3 Å². The fraction of sp³-hybridized carbons (Fsp3) is 0.588. The van der Waals surface area contributed by atoms with E-state index in [2.05, 4.69) is 50.4 Å².